The summed E-state index contributed by atoms with van der Waals surface area (Å²) in [5, 5.41) is 0.680. The van der Waals surface area contributed by atoms with Crippen molar-refractivity contribution >= 4 is 39.1 Å². The van der Waals surface area contributed by atoms with Gasteiger partial charge in [-0.2, -0.15) is 0 Å². The molecule has 2 rings (SSSR count). The molecule has 0 aromatic heterocycles. The third kappa shape index (κ3) is 3.77. The molecule has 1 amide bonds. The Morgan fingerprint density at radius 3 is 2.43 bits per heavy atom. The lowest BCUT2D eigenvalue weighted by Crippen LogP contribution is -2.29. The molecule has 0 radical (unpaired) electrons. The highest BCUT2D eigenvalue weighted by atomic mass is 79.9. The zero-order valence-corrected chi connectivity index (χ0v) is 14.1. The number of hydrogen-bond donors (Lipinski definition) is 1. The molecular formula is C16H16BrClN2O. The van der Waals surface area contributed by atoms with Gasteiger partial charge in [0.2, 0.25) is 0 Å². The fourth-order valence-electron chi connectivity index (χ4n) is 2.08. The second-order valence-electron chi connectivity index (χ2n) is 4.92. The average molecular weight is 368 g/mol. The number of benzene rings is 2. The molecule has 0 aliphatic rings. The minimum absolute atomic E-state index is 0.0602. The molecule has 110 valence electrons. The van der Waals surface area contributed by atoms with Gasteiger partial charge in [0.05, 0.1) is 6.04 Å². The van der Waals surface area contributed by atoms with E-state index in [1.165, 1.54) is 0 Å². The van der Waals surface area contributed by atoms with Gasteiger partial charge in [-0.15, -0.1) is 0 Å². The van der Waals surface area contributed by atoms with E-state index in [9.17, 15) is 4.79 Å². The Balaban J connectivity index is 2.23. The molecule has 0 aliphatic heterocycles. The van der Waals surface area contributed by atoms with E-state index in [-0.39, 0.29) is 11.9 Å². The number of hydrogen-bond acceptors (Lipinski definition) is 2. The first-order valence-corrected chi connectivity index (χ1v) is 7.64. The van der Waals surface area contributed by atoms with Crippen molar-refractivity contribution in [3.05, 3.63) is 63.1 Å². The minimum atomic E-state index is -0.0783. The number of anilines is 1. The van der Waals surface area contributed by atoms with Crippen LogP contribution in [0.1, 0.15) is 28.9 Å². The summed E-state index contributed by atoms with van der Waals surface area (Å²) < 4.78 is 0.790. The molecule has 0 saturated carbocycles. The van der Waals surface area contributed by atoms with Crippen LogP contribution in [0.5, 0.6) is 0 Å². The molecule has 3 nitrogen and oxygen atoms in total. The third-order valence-corrected chi connectivity index (χ3v) is 4.13. The maximum atomic E-state index is 12.6. The van der Waals surface area contributed by atoms with Gasteiger partial charge in [0, 0.05) is 27.8 Å². The normalized spacial score (nSPS) is 12.0. The Labute approximate surface area is 137 Å². The molecular weight excluding hydrogens is 352 g/mol. The first-order chi connectivity index (χ1) is 9.88. The van der Waals surface area contributed by atoms with Crippen LogP contribution in [-0.2, 0) is 0 Å². The Hall–Kier alpha value is -1.52. The van der Waals surface area contributed by atoms with Gasteiger partial charge >= 0.3 is 0 Å². The Kier molecular flexibility index (Phi) is 4.91. The van der Waals surface area contributed by atoms with Crippen LogP contribution in [0.25, 0.3) is 0 Å². The van der Waals surface area contributed by atoms with Crippen LogP contribution in [0.15, 0.2) is 46.9 Å². The molecule has 0 spiro atoms. The van der Waals surface area contributed by atoms with Crippen LogP contribution in [-0.4, -0.2) is 17.9 Å². The molecule has 0 aliphatic carbocycles. The molecule has 1 atom stereocenters. The van der Waals surface area contributed by atoms with Crippen LogP contribution in [0.2, 0.25) is 5.02 Å². The quantitative estimate of drug-likeness (QED) is 0.811. The number of carbonyl (C=O) groups excluding carboxylic acids is 1. The van der Waals surface area contributed by atoms with Crippen molar-refractivity contribution in [1.82, 2.24) is 4.90 Å². The van der Waals surface area contributed by atoms with E-state index < -0.39 is 0 Å². The Morgan fingerprint density at radius 2 is 1.86 bits per heavy atom. The van der Waals surface area contributed by atoms with E-state index in [4.69, 9.17) is 17.3 Å². The molecule has 5 heteroatoms. The van der Waals surface area contributed by atoms with Crippen molar-refractivity contribution in [3.8, 4) is 0 Å². The first kappa shape index (κ1) is 15.9. The van der Waals surface area contributed by atoms with Crippen LogP contribution >= 0.6 is 27.5 Å². The molecule has 0 fully saturated rings. The van der Waals surface area contributed by atoms with Crippen LogP contribution in [0.4, 0.5) is 5.69 Å². The predicted molar refractivity (Wildman–Crippen MR) is 90.5 cm³/mol. The summed E-state index contributed by atoms with van der Waals surface area (Å²) in [6.07, 6.45) is 0. The number of nitrogen functional groups attached to an aromatic ring is 1. The molecule has 1 unspecified atom stereocenters. The van der Waals surface area contributed by atoms with Gasteiger partial charge in [-0.3, -0.25) is 4.79 Å². The largest absolute Gasteiger partial charge is 0.399 e. The summed E-state index contributed by atoms with van der Waals surface area (Å²) in [4.78, 5) is 14.2. The molecule has 2 aromatic rings. The summed E-state index contributed by atoms with van der Waals surface area (Å²) in [7, 11) is 1.78. The predicted octanol–water partition coefficient (Wildman–Crippen LogP) is 4.52. The Bertz CT molecular complexity index is 638. The van der Waals surface area contributed by atoms with Gasteiger partial charge < -0.3 is 10.6 Å². The van der Waals surface area contributed by atoms with Crippen LogP contribution in [0, 0.1) is 0 Å². The van der Waals surface area contributed by atoms with Gasteiger partial charge in [0.1, 0.15) is 0 Å². The SMILES string of the molecule is CC(c1ccc(Cl)cc1)N(C)C(=O)c1cc(N)cc(Br)c1. The summed E-state index contributed by atoms with van der Waals surface area (Å²) in [5.74, 6) is -0.0783. The van der Waals surface area contributed by atoms with Gasteiger partial charge in [-0.1, -0.05) is 39.7 Å². The molecule has 21 heavy (non-hydrogen) atoms. The number of rotatable bonds is 3. The summed E-state index contributed by atoms with van der Waals surface area (Å²) in [6.45, 7) is 1.97. The van der Waals surface area contributed by atoms with Crippen molar-refractivity contribution in [2.24, 2.45) is 0 Å². The lowest BCUT2D eigenvalue weighted by Gasteiger charge is -2.25. The van der Waals surface area contributed by atoms with Crippen molar-refractivity contribution in [2.75, 3.05) is 12.8 Å². The molecule has 0 heterocycles. The van der Waals surface area contributed by atoms with Crippen molar-refractivity contribution < 1.29 is 4.79 Å². The van der Waals surface area contributed by atoms with Crippen molar-refractivity contribution in [2.45, 2.75) is 13.0 Å². The lowest BCUT2D eigenvalue weighted by molar-refractivity contribution is 0.0742. The number of carbonyl (C=O) groups is 1. The fourth-order valence-corrected chi connectivity index (χ4v) is 2.72. The van der Waals surface area contributed by atoms with E-state index in [0.717, 1.165) is 10.0 Å². The standard InChI is InChI=1S/C16H16BrClN2O/c1-10(11-3-5-14(18)6-4-11)20(2)16(21)12-7-13(17)9-15(19)8-12/h3-10H,19H2,1-2H3. The smallest absolute Gasteiger partial charge is 0.254 e. The van der Waals surface area contributed by atoms with E-state index >= 15 is 0 Å². The number of halogens is 2. The first-order valence-electron chi connectivity index (χ1n) is 6.47. The number of nitrogens with zero attached hydrogens (tertiary/aromatic N) is 1. The van der Waals surface area contributed by atoms with Crippen LogP contribution in [0.3, 0.4) is 0 Å². The van der Waals surface area contributed by atoms with Gasteiger partial charge in [0.25, 0.3) is 5.91 Å². The van der Waals surface area contributed by atoms with E-state index in [2.05, 4.69) is 15.9 Å². The molecule has 0 saturated heterocycles. The molecule has 2 N–H and O–H groups in total. The van der Waals surface area contributed by atoms with Crippen molar-refractivity contribution in [1.29, 1.82) is 0 Å². The van der Waals surface area contributed by atoms with Crippen LogP contribution < -0.4 is 5.73 Å². The summed E-state index contributed by atoms with van der Waals surface area (Å²) >= 11 is 9.24. The average Bonchev–Trinajstić information content (AvgIpc) is 2.44. The van der Waals surface area contributed by atoms with Gasteiger partial charge in [-0.25, -0.2) is 0 Å². The minimum Gasteiger partial charge on any atom is -0.399 e. The van der Waals surface area contributed by atoms with E-state index in [1.54, 1.807) is 30.1 Å². The van der Waals surface area contributed by atoms with Gasteiger partial charge in [0.15, 0.2) is 0 Å². The second kappa shape index (κ2) is 6.50. The zero-order chi connectivity index (χ0) is 15.6. The monoisotopic (exact) mass is 366 g/mol. The second-order valence-corrected chi connectivity index (χ2v) is 6.27. The summed E-state index contributed by atoms with van der Waals surface area (Å²) in [5.41, 5.74) is 7.93. The Morgan fingerprint density at radius 1 is 1.24 bits per heavy atom. The lowest BCUT2D eigenvalue weighted by atomic mass is 10.1. The van der Waals surface area contributed by atoms with Crippen molar-refractivity contribution in [3.63, 3.8) is 0 Å². The maximum Gasteiger partial charge on any atom is 0.254 e. The third-order valence-electron chi connectivity index (χ3n) is 3.42. The zero-order valence-electron chi connectivity index (χ0n) is 11.8. The fraction of sp³-hybridized carbons (Fsp3) is 0.188. The van der Waals surface area contributed by atoms with Gasteiger partial charge in [-0.05, 0) is 42.8 Å². The van der Waals surface area contributed by atoms with E-state index in [1.807, 2.05) is 31.2 Å². The topological polar surface area (TPSA) is 46.3 Å². The highest BCUT2D eigenvalue weighted by Crippen LogP contribution is 2.24. The summed E-state index contributed by atoms with van der Waals surface area (Å²) in [6, 6.07) is 12.6. The molecule has 0 bridgehead atoms. The number of amides is 1. The highest BCUT2D eigenvalue weighted by molar-refractivity contribution is 9.10. The molecule has 2 aromatic carbocycles. The number of nitrogens with two attached hydrogens (primary N) is 1. The highest BCUT2D eigenvalue weighted by Gasteiger charge is 2.19. The maximum absolute atomic E-state index is 12.6. The van der Waals surface area contributed by atoms with E-state index in [0.29, 0.717) is 16.3 Å².